The molecule has 0 radical (unpaired) electrons. The number of benzene rings is 1. The van der Waals surface area contributed by atoms with Gasteiger partial charge >= 0.3 is 0 Å². The van der Waals surface area contributed by atoms with Crippen molar-refractivity contribution in [3.8, 4) is 0 Å². The van der Waals surface area contributed by atoms with E-state index in [4.69, 9.17) is 0 Å². The Balaban J connectivity index is 1.94. The Morgan fingerprint density at radius 2 is 1.90 bits per heavy atom. The van der Waals surface area contributed by atoms with E-state index in [-0.39, 0.29) is 5.91 Å². The van der Waals surface area contributed by atoms with Crippen molar-refractivity contribution in [1.82, 2.24) is 10.4 Å². The van der Waals surface area contributed by atoms with Gasteiger partial charge in [0.2, 0.25) is 0 Å². The highest BCUT2D eigenvalue weighted by atomic mass is 16.2. The predicted octanol–water partition coefficient (Wildman–Crippen LogP) is 2.90. The molecule has 1 amide bonds. The summed E-state index contributed by atoms with van der Waals surface area (Å²) in [6, 6.07) is 15.1. The average molecular weight is 265 g/mol. The van der Waals surface area contributed by atoms with Gasteiger partial charge in [-0.25, -0.2) is 5.43 Å². The number of nitrogens with one attached hydrogen (secondary N) is 1. The lowest BCUT2D eigenvalue weighted by atomic mass is 10.1. The highest BCUT2D eigenvalue weighted by molar-refractivity contribution is 5.93. The topological polar surface area (TPSA) is 54.4 Å². The fourth-order valence-electron chi connectivity index (χ4n) is 1.60. The number of rotatable bonds is 4. The van der Waals surface area contributed by atoms with Gasteiger partial charge in [0.15, 0.2) is 0 Å². The number of pyridine rings is 1. The second-order valence-electron chi connectivity index (χ2n) is 4.21. The lowest BCUT2D eigenvalue weighted by Crippen LogP contribution is -2.18. The number of aromatic nitrogens is 1. The van der Waals surface area contributed by atoms with E-state index >= 15 is 0 Å². The molecule has 0 aliphatic carbocycles. The Bertz CT molecular complexity index is 619. The summed E-state index contributed by atoms with van der Waals surface area (Å²) < 4.78 is 0. The molecule has 0 aliphatic heterocycles. The molecule has 2 rings (SSSR count). The Morgan fingerprint density at radius 3 is 2.60 bits per heavy atom. The molecule has 0 spiro atoms. The normalized spacial score (nSPS) is 11.6. The highest BCUT2D eigenvalue weighted by Crippen LogP contribution is 2.04. The van der Waals surface area contributed by atoms with Crippen molar-refractivity contribution in [3.63, 3.8) is 0 Å². The van der Waals surface area contributed by atoms with Crippen molar-refractivity contribution in [3.05, 3.63) is 71.6 Å². The highest BCUT2D eigenvalue weighted by Gasteiger charge is 2.03. The number of hydrazone groups is 1. The molecule has 4 heteroatoms. The zero-order chi connectivity index (χ0) is 14.2. The summed E-state index contributed by atoms with van der Waals surface area (Å²) in [5.74, 6) is -0.325. The summed E-state index contributed by atoms with van der Waals surface area (Å²) in [7, 11) is 0. The monoisotopic (exact) mass is 265 g/mol. The fourth-order valence-corrected chi connectivity index (χ4v) is 1.60. The molecule has 0 saturated heterocycles. The van der Waals surface area contributed by atoms with Crippen molar-refractivity contribution in [2.75, 3.05) is 0 Å². The number of allylic oxidation sites excluding steroid dienone is 1. The molecule has 0 atom stereocenters. The Labute approximate surface area is 117 Å². The zero-order valence-electron chi connectivity index (χ0n) is 11.2. The first-order valence-electron chi connectivity index (χ1n) is 6.23. The van der Waals surface area contributed by atoms with Crippen LogP contribution in [0.3, 0.4) is 0 Å². The third kappa shape index (κ3) is 4.17. The average Bonchev–Trinajstić information content (AvgIpc) is 2.49. The van der Waals surface area contributed by atoms with Crippen molar-refractivity contribution in [2.24, 2.45) is 5.10 Å². The van der Waals surface area contributed by atoms with Gasteiger partial charge in [-0.2, -0.15) is 5.10 Å². The van der Waals surface area contributed by atoms with Crippen molar-refractivity contribution in [1.29, 1.82) is 0 Å². The molecule has 2 aromatic rings. The van der Waals surface area contributed by atoms with E-state index in [1.807, 2.05) is 43.3 Å². The van der Waals surface area contributed by atoms with Crippen LogP contribution in [0.5, 0.6) is 0 Å². The smallest absolute Gasteiger partial charge is 0.266 e. The summed E-state index contributed by atoms with van der Waals surface area (Å²) in [6.07, 6.45) is 5.16. The molecule has 0 saturated carbocycles. The molecule has 1 aromatic heterocycles. The van der Waals surface area contributed by atoms with Crippen LogP contribution >= 0.6 is 0 Å². The third-order valence-corrected chi connectivity index (χ3v) is 2.53. The second kappa shape index (κ2) is 6.99. The summed E-state index contributed by atoms with van der Waals surface area (Å²) >= 11 is 0. The van der Waals surface area contributed by atoms with Gasteiger partial charge in [0.05, 0.1) is 6.21 Å². The fraction of sp³-hybridized carbons (Fsp3) is 0.0625. The van der Waals surface area contributed by atoms with Crippen molar-refractivity contribution < 1.29 is 4.79 Å². The molecule has 0 bridgehead atoms. The molecule has 1 heterocycles. The maximum atomic E-state index is 11.7. The lowest BCUT2D eigenvalue weighted by molar-refractivity contribution is 0.0950. The van der Waals surface area contributed by atoms with Gasteiger partial charge in [-0.15, -0.1) is 0 Å². The van der Waals surface area contributed by atoms with Crippen LogP contribution < -0.4 is 5.43 Å². The number of carbonyl (C=O) groups excluding carboxylic acids is 1. The van der Waals surface area contributed by atoms with Gasteiger partial charge in [-0.1, -0.05) is 42.5 Å². The van der Waals surface area contributed by atoms with E-state index in [2.05, 4.69) is 15.5 Å². The van der Waals surface area contributed by atoms with E-state index in [0.717, 1.165) is 11.1 Å². The van der Waals surface area contributed by atoms with Gasteiger partial charge in [-0.3, -0.25) is 9.78 Å². The SMILES string of the molecule is C/C(C=NNC(=O)c1ccccn1)=C\c1ccccc1. The minimum Gasteiger partial charge on any atom is -0.266 e. The Hall–Kier alpha value is -2.75. The molecule has 100 valence electrons. The number of amides is 1. The molecular formula is C16H15N3O. The summed E-state index contributed by atoms with van der Waals surface area (Å²) in [4.78, 5) is 15.6. The van der Waals surface area contributed by atoms with E-state index in [1.165, 1.54) is 0 Å². The summed E-state index contributed by atoms with van der Waals surface area (Å²) in [6.45, 7) is 1.92. The van der Waals surface area contributed by atoms with Gasteiger partial charge in [-0.05, 0) is 30.2 Å². The minimum atomic E-state index is -0.325. The number of nitrogens with zero attached hydrogens (tertiary/aromatic N) is 2. The second-order valence-corrected chi connectivity index (χ2v) is 4.21. The number of hydrogen-bond acceptors (Lipinski definition) is 3. The van der Waals surface area contributed by atoms with Crippen molar-refractivity contribution in [2.45, 2.75) is 6.92 Å². The molecule has 0 unspecified atom stereocenters. The predicted molar refractivity (Wildman–Crippen MR) is 80.3 cm³/mol. The van der Waals surface area contributed by atoms with Gasteiger partial charge in [0.1, 0.15) is 5.69 Å². The summed E-state index contributed by atoms with van der Waals surface area (Å²) in [5, 5.41) is 3.91. The van der Waals surface area contributed by atoms with Crippen LogP contribution in [0.2, 0.25) is 0 Å². The van der Waals surface area contributed by atoms with Gasteiger partial charge < -0.3 is 0 Å². The Kier molecular flexibility index (Phi) is 4.78. The maximum absolute atomic E-state index is 11.7. The molecule has 1 aromatic carbocycles. The van der Waals surface area contributed by atoms with E-state index in [9.17, 15) is 4.79 Å². The quantitative estimate of drug-likeness (QED) is 0.682. The minimum absolute atomic E-state index is 0.325. The van der Waals surface area contributed by atoms with Crippen LogP contribution in [0.15, 0.2) is 65.4 Å². The number of carbonyl (C=O) groups is 1. The van der Waals surface area contributed by atoms with E-state index < -0.39 is 0 Å². The first kappa shape index (κ1) is 13.7. The van der Waals surface area contributed by atoms with Crippen LogP contribution in [-0.4, -0.2) is 17.1 Å². The first-order chi connectivity index (χ1) is 9.75. The van der Waals surface area contributed by atoms with Gasteiger partial charge in [0.25, 0.3) is 5.91 Å². The summed E-state index contributed by atoms with van der Waals surface area (Å²) in [5.41, 5.74) is 4.82. The number of hydrogen-bond donors (Lipinski definition) is 1. The van der Waals surface area contributed by atoms with Crippen LogP contribution in [-0.2, 0) is 0 Å². The maximum Gasteiger partial charge on any atom is 0.289 e. The molecule has 0 aliphatic rings. The van der Waals surface area contributed by atoms with Crippen LogP contribution in [0.1, 0.15) is 23.0 Å². The lowest BCUT2D eigenvalue weighted by Gasteiger charge is -1.98. The van der Waals surface area contributed by atoms with Crippen LogP contribution in [0.25, 0.3) is 6.08 Å². The molecular weight excluding hydrogens is 250 g/mol. The largest absolute Gasteiger partial charge is 0.289 e. The van der Waals surface area contributed by atoms with Gasteiger partial charge in [0, 0.05) is 6.20 Å². The van der Waals surface area contributed by atoms with E-state index in [0.29, 0.717) is 5.69 Å². The first-order valence-corrected chi connectivity index (χ1v) is 6.23. The molecule has 1 N–H and O–H groups in total. The Morgan fingerprint density at radius 1 is 1.15 bits per heavy atom. The third-order valence-electron chi connectivity index (χ3n) is 2.53. The van der Waals surface area contributed by atoms with Crippen LogP contribution in [0, 0.1) is 0 Å². The molecule has 20 heavy (non-hydrogen) atoms. The van der Waals surface area contributed by atoms with E-state index in [1.54, 1.807) is 30.6 Å². The van der Waals surface area contributed by atoms with Crippen molar-refractivity contribution >= 4 is 18.2 Å². The zero-order valence-corrected chi connectivity index (χ0v) is 11.2. The standard InChI is InChI=1S/C16H15N3O/c1-13(11-14-7-3-2-4-8-14)12-18-19-16(20)15-9-5-6-10-17-15/h2-12H,1H3,(H,19,20)/b13-11+,18-12?. The molecule has 0 fully saturated rings. The molecule has 4 nitrogen and oxygen atoms in total. The van der Waals surface area contributed by atoms with Crippen LogP contribution in [0.4, 0.5) is 0 Å².